The third-order valence-corrected chi connectivity index (χ3v) is 4.54. The van der Waals surface area contributed by atoms with Crippen molar-refractivity contribution < 1.29 is 0 Å². The highest BCUT2D eigenvalue weighted by atomic mass is 35.5. The molecule has 0 aliphatic heterocycles. The maximum atomic E-state index is 6.38. The van der Waals surface area contributed by atoms with Crippen molar-refractivity contribution in [3.8, 4) is 0 Å². The van der Waals surface area contributed by atoms with Crippen LogP contribution < -0.4 is 0 Å². The smallest absolute Gasteiger partial charge is 0.0643 e. The fourth-order valence-corrected chi connectivity index (χ4v) is 3.30. The first kappa shape index (κ1) is 12.9. The Morgan fingerprint density at radius 1 is 1.35 bits per heavy atom. The van der Waals surface area contributed by atoms with E-state index in [0.29, 0.717) is 0 Å². The third-order valence-electron chi connectivity index (χ3n) is 4.02. The molecule has 17 heavy (non-hydrogen) atoms. The maximum absolute atomic E-state index is 6.38. The Bertz CT molecular complexity index is 378. The van der Waals surface area contributed by atoms with Crippen molar-refractivity contribution in [2.75, 3.05) is 0 Å². The minimum atomic E-state index is 0.118. The first-order valence-corrected chi connectivity index (χ1v) is 7.25. The summed E-state index contributed by atoms with van der Waals surface area (Å²) in [5.74, 6) is 0.830. The number of hydrogen-bond acceptors (Lipinski definition) is 1. The lowest BCUT2D eigenvalue weighted by Gasteiger charge is -2.12. The van der Waals surface area contributed by atoms with Gasteiger partial charge in [0.05, 0.1) is 11.1 Å². The van der Waals surface area contributed by atoms with E-state index < -0.39 is 0 Å². The molecule has 1 aliphatic rings. The lowest BCUT2D eigenvalue weighted by Crippen LogP contribution is -2.10. The Hall–Kier alpha value is -0.500. The number of aromatic nitrogens is 2. The molecule has 0 bridgehead atoms. The van der Waals surface area contributed by atoms with Crippen molar-refractivity contribution in [2.45, 2.75) is 64.8 Å². The zero-order chi connectivity index (χ0) is 12.4. The summed E-state index contributed by atoms with van der Waals surface area (Å²) in [4.78, 5) is 0. The topological polar surface area (TPSA) is 17.8 Å². The van der Waals surface area contributed by atoms with Crippen LogP contribution in [0.5, 0.6) is 0 Å². The quantitative estimate of drug-likeness (QED) is 0.729. The zero-order valence-electron chi connectivity index (χ0n) is 11.2. The molecule has 1 fully saturated rings. The molecule has 1 heterocycles. The van der Waals surface area contributed by atoms with Gasteiger partial charge in [0.15, 0.2) is 0 Å². The number of aryl methyl sites for hydroxylation is 1. The van der Waals surface area contributed by atoms with Gasteiger partial charge in [-0.15, -0.1) is 11.6 Å². The molecule has 1 saturated carbocycles. The van der Waals surface area contributed by atoms with E-state index in [1.807, 2.05) is 0 Å². The van der Waals surface area contributed by atoms with E-state index >= 15 is 0 Å². The van der Waals surface area contributed by atoms with Gasteiger partial charge in [-0.05, 0) is 39.0 Å². The van der Waals surface area contributed by atoms with Crippen molar-refractivity contribution in [3.63, 3.8) is 0 Å². The van der Waals surface area contributed by atoms with Crippen molar-refractivity contribution in [3.05, 3.63) is 17.0 Å². The van der Waals surface area contributed by atoms with E-state index in [1.165, 1.54) is 36.9 Å². The Morgan fingerprint density at radius 2 is 2.00 bits per heavy atom. The van der Waals surface area contributed by atoms with E-state index in [4.69, 9.17) is 11.6 Å². The summed E-state index contributed by atoms with van der Waals surface area (Å²) < 4.78 is 2.19. The molecule has 1 unspecified atom stereocenters. The molecule has 0 radical (unpaired) electrons. The highest BCUT2D eigenvalue weighted by Gasteiger charge is 2.21. The van der Waals surface area contributed by atoms with Crippen LogP contribution in [0.2, 0.25) is 0 Å². The molecule has 1 atom stereocenters. The van der Waals surface area contributed by atoms with Gasteiger partial charge >= 0.3 is 0 Å². The van der Waals surface area contributed by atoms with Gasteiger partial charge in [0.1, 0.15) is 0 Å². The molecular formula is C14H23ClN2. The summed E-state index contributed by atoms with van der Waals surface area (Å²) in [5.41, 5.74) is 3.64. The summed E-state index contributed by atoms with van der Waals surface area (Å²) in [5, 5.41) is 4.79. The maximum Gasteiger partial charge on any atom is 0.0643 e. The number of nitrogens with zero attached hydrogens (tertiary/aromatic N) is 2. The Labute approximate surface area is 109 Å². The number of hydrogen-bond donors (Lipinski definition) is 0. The van der Waals surface area contributed by atoms with Crippen LogP contribution in [-0.2, 0) is 6.54 Å². The normalized spacial score (nSPS) is 18.8. The van der Waals surface area contributed by atoms with E-state index in [9.17, 15) is 0 Å². The van der Waals surface area contributed by atoms with Gasteiger partial charge in [0, 0.05) is 17.8 Å². The first-order valence-electron chi connectivity index (χ1n) is 6.81. The molecule has 2 rings (SSSR count). The van der Waals surface area contributed by atoms with Gasteiger partial charge in [-0.1, -0.05) is 19.8 Å². The molecular weight excluding hydrogens is 232 g/mol. The molecule has 1 aromatic rings. The van der Waals surface area contributed by atoms with E-state index in [0.717, 1.165) is 24.6 Å². The summed E-state index contributed by atoms with van der Waals surface area (Å²) >= 11 is 6.38. The van der Waals surface area contributed by atoms with Gasteiger partial charge in [-0.2, -0.15) is 5.10 Å². The van der Waals surface area contributed by atoms with Gasteiger partial charge in [0.25, 0.3) is 0 Å². The molecule has 0 amide bonds. The fourth-order valence-electron chi connectivity index (χ4n) is 2.98. The number of alkyl halides is 1. The summed E-state index contributed by atoms with van der Waals surface area (Å²) in [7, 11) is 0. The van der Waals surface area contributed by atoms with Crippen molar-refractivity contribution in [1.82, 2.24) is 9.78 Å². The Morgan fingerprint density at radius 3 is 2.59 bits per heavy atom. The summed E-state index contributed by atoms with van der Waals surface area (Å²) in [6.45, 7) is 7.46. The van der Waals surface area contributed by atoms with Crippen LogP contribution >= 0.6 is 11.6 Å². The lowest BCUT2D eigenvalue weighted by molar-refractivity contribution is 0.421. The SMILES string of the molecule is CCC(Cl)c1c(C)nn(CC2CCCC2)c1C. The largest absolute Gasteiger partial charge is 0.269 e. The van der Waals surface area contributed by atoms with Gasteiger partial charge in [-0.25, -0.2) is 0 Å². The highest BCUT2D eigenvalue weighted by molar-refractivity contribution is 6.20. The Kier molecular flexibility index (Phi) is 4.13. The molecule has 1 aromatic heterocycles. The average Bonchev–Trinajstić information content (AvgIpc) is 2.89. The predicted molar refractivity (Wildman–Crippen MR) is 72.5 cm³/mol. The summed E-state index contributed by atoms with van der Waals surface area (Å²) in [6.07, 6.45) is 6.49. The van der Waals surface area contributed by atoms with Crippen LogP contribution in [0.25, 0.3) is 0 Å². The predicted octanol–water partition coefficient (Wildman–Crippen LogP) is 4.38. The van der Waals surface area contributed by atoms with Crippen LogP contribution in [0.1, 0.15) is 61.4 Å². The molecule has 1 aliphatic carbocycles. The van der Waals surface area contributed by atoms with Crippen LogP contribution in [0.4, 0.5) is 0 Å². The van der Waals surface area contributed by atoms with Gasteiger partial charge < -0.3 is 0 Å². The van der Waals surface area contributed by atoms with E-state index in [2.05, 4.69) is 30.6 Å². The average molecular weight is 255 g/mol. The highest BCUT2D eigenvalue weighted by Crippen LogP contribution is 2.31. The fraction of sp³-hybridized carbons (Fsp3) is 0.786. The molecule has 2 nitrogen and oxygen atoms in total. The van der Waals surface area contributed by atoms with Gasteiger partial charge in [0.2, 0.25) is 0 Å². The number of halogens is 1. The second-order valence-electron chi connectivity index (χ2n) is 5.29. The van der Waals surface area contributed by atoms with Crippen LogP contribution in [0.3, 0.4) is 0 Å². The van der Waals surface area contributed by atoms with Crippen LogP contribution in [-0.4, -0.2) is 9.78 Å². The molecule has 0 N–H and O–H groups in total. The van der Waals surface area contributed by atoms with Crippen LogP contribution in [0, 0.1) is 19.8 Å². The van der Waals surface area contributed by atoms with Crippen LogP contribution in [0.15, 0.2) is 0 Å². The molecule has 0 saturated heterocycles. The second-order valence-corrected chi connectivity index (χ2v) is 5.82. The molecule has 96 valence electrons. The monoisotopic (exact) mass is 254 g/mol. The Balaban J connectivity index is 2.17. The second kappa shape index (κ2) is 5.43. The molecule has 0 aromatic carbocycles. The number of rotatable bonds is 4. The van der Waals surface area contributed by atoms with Crippen molar-refractivity contribution in [1.29, 1.82) is 0 Å². The minimum absolute atomic E-state index is 0.118. The van der Waals surface area contributed by atoms with E-state index in [-0.39, 0.29) is 5.38 Å². The minimum Gasteiger partial charge on any atom is -0.269 e. The molecule has 0 spiro atoms. The summed E-state index contributed by atoms with van der Waals surface area (Å²) in [6, 6.07) is 0. The first-order chi connectivity index (χ1) is 8.13. The zero-order valence-corrected chi connectivity index (χ0v) is 11.9. The van der Waals surface area contributed by atoms with Crippen molar-refractivity contribution >= 4 is 11.6 Å². The third kappa shape index (κ3) is 2.67. The molecule has 3 heteroatoms. The lowest BCUT2D eigenvalue weighted by atomic mass is 10.1. The van der Waals surface area contributed by atoms with Gasteiger partial charge in [-0.3, -0.25) is 4.68 Å². The standard InChI is InChI=1S/C14H23ClN2/c1-4-13(15)14-10(2)16-17(11(14)3)9-12-7-5-6-8-12/h12-13H,4-9H2,1-3H3. The van der Waals surface area contributed by atoms with E-state index in [1.54, 1.807) is 0 Å². The van der Waals surface area contributed by atoms with Crippen molar-refractivity contribution in [2.24, 2.45) is 5.92 Å².